The molecule has 0 aliphatic heterocycles. The molecule has 134 valence electrons. The van der Waals surface area contributed by atoms with Crippen molar-refractivity contribution >= 4 is 34.4 Å². The number of fused-ring (bicyclic) bond motifs is 1. The molecule has 0 unspecified atom stereocenters. The number of carbonyl (C=O) groups excluding carboxylic acids is 2. The van der Waals surface area contributed by atoms with Crippen molar-refractivity contribution in [1.29, 1.82) is 0 Å². The first-order chi connectivity index (χ1) is 14.1. The maximum Gasteiger partial charge on any atom is 0.310 e. The highest BCUT2D eigenvalue weighted by molar-refractivity contribution is 6.30. The molecule has 0 bridgehead atoms. The Balaban J connectivity index is 2.33. The van der Waals surface area contributed by atoms with E-state index in [2.05, 4.69) is 0 Å². The zero-order valence-electron chi connectivity index (χ0n) is 18.4. The molecule has 3 aromatic rings. The largest absolute Gasteiger partial charge is 0.497 e. The molecule has 2 aromatic carbocycles. The van der Waals surface area contributed by atoms with Crippen molar-refractivity contribution in [3.8, 4) is 5.75 Å². The van der Waals surface area contributed by atoms with E-state index in [4.69, 9.17) is 26.6 Å². The molecule has 0 radical (unpaired) electrons. The highest BCUT2D eigenvalue weighted by Crippen LogP contribution is 2.31. The minimum atomic E-state index is -0.757. The minimum absolute atomic E-state index is 0.0955. The molecule has 0 amide bonds. The van der Waals surface area contributed by atoms with Gasteiger partial charge in [-0.2, -0.15) is 0 Å². The molecule has 0 spiro atoms. The van der Waals surface area contributed by atoms with Gasteiger partial charge in [0.05, 0.1) is 31.6 Å². The summed E-state index contributed by atoms with van der Waals surface area (Å²) in [6.45, 7) is 1.63. The molecule has 0 atom stereocenters. The third-order valence-corrected chi connectivity index (χ3v) is 4.29. The van der Waals surface area contributed by atoms with Crippen LogP contribution in [0, 0.1) is 6.92 Å². The monoisotopic (exact) mass is 375 g/mol. The van der Waals surface area contributed by atoms with E-state index in [1.54, 1.807) is 25.1 Å². The first-order valence-electron chi connectivity index (χ1n) is 9.69. The first-order valence-corrected chi connectivity index (χ1v) is 8.07. The Morgan fingerprint density at radius 3 is 2.50 bits per heavy atom. The molecule has 6 heteroatoms. The second-order valence-electron chi connectivity index (χ2n) is 5.53. The van der Waals surface area contributed by atoms with Crippen LogP contribution < -0.4 is 4.74 Å². The molecule has 0 aliphatic rings. The molecule has 0 saturated heterocycles. The molecule has 0 N–H and O–H groups in total. The summed E-state index contributed by atoms with van der Waals surface area (Å²) in [4.78, 5) is 25.4. The number of halogens is 1. The number of benzene rings is 2. The number of rotatable bonds is 4. The van der Waals surface area contributed by atoms with Crippen molar-refractivity contribution in [1.82, 2.24) is 4.57 Å². The average molecular weight is 376 g/mol. The normalized spacial score (nSPS) is 12.9. The van der Waals surface area contributed by atoms with Crippen LogP contribution in [0.1, 0.15) is 27.1 Å². The van der Waals surface area contributed by atoms with Crippen LogP contribution in [0.3, 0.4) is 0 Å². The van der Waals surface area contributed by atoms with Crippen molar-refractivity contribution in [3.63, 3.8) is 0 Å². The third kappa shape index (κ3) is 3.18. The number of hydrogen-bond donors (Lipinski definition) is 0. The van der Waals surface area contributed by atoms with Crippen LogP contribution in [0.25, 0.3) is 10.9 Å². The van der Waals surface area contributed by atoms with Gasteiger partial charge in [0.2, 0.25) is 0 Å². The van der Waals surface area contributed by atoms with Gasteiger partial charge in [-0.15, -0.1) is 0 Å². The van der Waals surface area contributed by atoms with Gasteiger partial charge in [-0.25, -0.2) is 0 Å². The smallest absolute Gasteiger partial charge is 0.310 e. The van der Waals surface area contributed by atoms with Crippen LogP contribution >= 0.6 is 11.6 Å². The quantitative estimate of drug-likeness (QED) is 0.646. The second kappa shape index (κ2) is 7.22. The number of esters is 1. The number of aromatic nitrogens is 1. The van der Waals surface area contributed by atoms with E-state index in [9.17, 15) is 9.59 Å². The fourth-order valence-corrected chi connectivity index (χ4v) is 2.90. The fraction of sp³-hybridized carbons (Fsp3) is 0.200. The summed E-state index contributed by atoms with van der Waals surface area (Å²) in [7, 11) is 2.76. The molecule has 1 heterocycles. The number of methoxy groups -OCH3 is 2. The Hall–Kier alpha value is -2.79. The molecular formula is C20H18ClNO4. The van der Waals surface area contributed by atoms with E-state index < -0.39 is 41.6 Å². The van der Waals surface area contributed by atoms with Crippen LogP contribution in [-0.2, 0) is 16.0 Å². The van der Waals surface area contributed by atoms with Crippen LogP contribution in [0.4, 0.5) is 0 Å². The lowest BCUT2D eigenvalue weighted by molar-refractivity contribution is -0.139. The van der Waals surface area contributed by atoms with E-state index in [1.165, 1.54) is 18.8 Å². The lowest BCUT2D eigenvalue weighted by Gasteiger charge is -2.08. The minimum Gasteiger partial charge on any atom is -0.497 e. The molecule has 26 heavy (non-hydrogen) atoms. The van der Waals surface area contributed by atoms with E-state index in [0.29, 0.717) is 27.9 Å². The van der Waals surface area contributed by atoms with Crippen molar-refractivity contribution < 1.29 is 24.5 Å². The summed E-state index contributed by atoms with van der Waals surface area (Å²) in [5.41, 5.74) is 0.979. The lowest BCUT2D eigenvalue weighted by atomic mass is 10.1. The number of ether oxygens (including phenoxy) is 2. The maximum absolute atomic E-state index is 13.4. The average Bonchev–Trinajstić information content (AvgIpc) is 3.01. The van der Waals surface area contributed by atoms with Gasteiger partial charge in [-0.1, -0.05) is 11.6 Å². The Labute approximate surface area is 161 Å². The van der Waals surface area contributed by atoms with Crippen LogP contribution in [0.2, 0.25) is 5.02 Å². The fourth-order valence-electron chi connectivity index (χ4n) is 2.81. The van der Waals surface area contributed by atoms with Gasteiger partial charge in [-0.3, -0.25) is 14.2 Å². The Bertz CT molecular complexity index is 1180. The van der Waals surface area contributed by atoms with Gasteiger partial charge in [0.15, 0.2) is 0 Å². The van der Waals surface area contributed by atoms with Crippen LogP contribution in [-0.4, -0.2) is 30.7 Å². The highest BCUT2D eigenvalue weighted by atomic mass is 35.5. The Morgan fingerprint density at radius 2 is 1.88 bits per heavy atom. The zero-order chi connectivity index (χ0) is 22.3. The van der Waals surface area contributed by atoms with Gasteiger partial charge in [0, 0.05) is 21.7 Å². The van der Waals surface area contributed by atoms with Gasteiger partial charge >= 0.3 is 5.97 Å². The van der Waals surface area contributed by atoms with Gasteiger partial charge < -0.3 is 9.47 Å². The van der Waals surface area contributed by atoms with Crippen molar-refractivity contribution in [2.45, 2.75) is 13.3 Å². The Kier molecular flexibility index (Phi) is 3.72. The SMILES string of the molecule is [2H]c1c([2H])c(C(=O)n2c(C)c(CC(=O)OC)c3cc(OC)ccc32)c([2H])c([2H])c1Cl. The molecule has 0 saturated carbocycles. The standard InChI is InChI=1S/C20H18ClNO4/c1-12-16(11-19(23)26-3)17-10-15(25-2)8-9-18(17)22(12)20(24)13-4-6-14(21)7-5-13/h4-10H,11H2,1-3H3/i4D,5D,6D,7D. The Morgan fingerprint density at radius 1 is 1.19 bits per heavy atom. The van der Waals surface area contributed by atoms with E-state index in [-0.39, 0.29) is 11.4 Å². The van der Waals surface area contributed by atoms with Gasteiger partial charge in [0.1, 0.15) is 5.75 Å². The summed E-state index contributed by atoms with van der Waals surface area (Å²) in [6.07, 6.45) is -0.0955. The molecular weight excluding hydrogens is 354 g/mol. The summed E-state index contributed by atoms with van der Waals surface area (Å²) in [5.74, 6) is -0.732. The second-order valence-corrected chi connectivity index (χ2v) is 5.91. The van der Waals surface area contributed by atoms with Crippen molar-refractivity contribution in [2.24, 2.45) is 0 Å². The maximum atomic E-state index is 13.4. The van der Waals surface area contributed by atoms with Gasteiger partial charge in [-0.05, 0) is 54.9 Å². The molecule has 5 nitrogen and oxygen atoms in total. The molecule has 1 aromatic heterocycles. The summed E-state index contributed by atoms with van der Waals surface area (Å²) >= 11 is 5.85. The van der Waals surface area contributed by atoms with Gasteiger partial charge in [0.25, 0.3) is 5.91 Å². The number of hydrogen-bond acceptors (Lipinski definition) is 4. The molecule has 0 fully saturated rings. The van der Waals surface area contributed by atoms with Crippen molar-refractivity contribution in [3.05, 3.63) is 64.2 Å². The summed E-state index contributed by atoms with van der Waals surface area (Å²) in [5, 5.41) is 0.224. The number of nitrogens with zero attached hydrogens (tertiary/aromatic N) is 1. The lowest BCUT2D eigenvalue weighted by Crippen LogP contribution is -2.14. The molecule has 0 aliphatic carbocycles. The van der Waals surface area contributed by atoms with Crippen LogP contribution in [0.15, 0.2) is 42.4 Å². The zero-order valence-corrected chi connectivity index (χ0v) is 15.2. The van der Waals surface area contributed by atoms with E-state index >= 15 is 0 Å². The predicted octanol–water partition coefficient (Wildman–Crippen LogP) is 4.02. The highest BCUT2D eigenvalue weighted by Gasteiger charge is 2.22. The van der Waals surface area contributed by atoms with E-state index in [1.807, 2.05) is 0 Å². The summed E-state index contributed by atoms with van der Waals surface area (Å²) < 4.78 is 43.4. The predicted molar refractivity (Wildman–Crippen MR) is 100 cm³/mol. The third-order valence-electron chi connectivity index (χ3n) is 4.10. The van der Waals surface area contributed by atoms with Crippen molar-refractivity contribution in [2.75, 3.05) is 14.2 Å². The molecule has 3 rings (SSSR count). The first kappa shape index (κ1) is 13.4. The van der Waals surface area contributed by atoms with Crippen LogP contribution in [0.5, 0.6) is 5.75 Å². The van der Waals surface area contributed by atoms with E-state index in [0.717, 1.165) is 0 Å². The summed E-state index contributed by atoms with van der Waals surface area (Å²) in [6, 6.07) is 2.90. The topological polar surface area (TPSA) is 57.5 Å². The number of carbonyl (C=O) groups is 2.